The monoisotopic (exact) mass is 269 g/mol. The molecule has 1 unspecified atom stereocenters. The van der Waals surface area contributed by atoms with E-state index in [0.717, 1.165) is 17.7 Å². The van der Waals surface area contributed by atoms with Crippen LogP contribution >= 0.6 is 0 Å². The van der Waals surface area contributed by atoms with Crippen molar-refractivity contribution in [1.29, 1.82) is 0 Å². The Morgan fingerprint density at radius 2 is 2.00 bits per heavy atom. The van der Waals surface area contributed by atoms with E-state index in [1.807, 2.05) is 27.7 Å². The predicted molar refractivity (Wildman–Crippen MR) is 71.5 cm³/mol. The largest absolute Gasteiger partial charge is 0.350 e. The fourth-order valence-corrected chi connectivity index (χ4v) is 1.86. The highest BCUT2D eigenvalue weighted by Gasteiger charge is 2.38. The summed E-state index contributed by atoms with van der Waals surface area (Å²) in [6.07, 6.45) is 2.18. The fourth-order valence-electron chi connectivity index (χ4n) is 1.86. The van der Waals surface area contributed by atoms with Gasteiger partial charge in [-0.25, -0.2) is 4.79 Å². The zero-order valence-electron chi connectivity index (χ0n) is 12.1. The molecule has 108 valence electrons. The molecule has 2 N–H and O–H groups in total. The van der Waals surface area contributed by atoms with E-state index in [2.05, 4.69) is 10.6 Å². The number of nitrogens with zero attached hydrogens (tertiary/aromatic N) is 1. The number of amides is 4. The summed E-state index contributed by atoms with van der Waals surface area (Å²) in [6, 6.07) is -0.961. The maximum absolute atomic E-state index is 11.9. The average molecular weight is 269 g/mol. The van der Waals surface area contributed by atoms with Crippen LogP contribution < -0.4 is 10.6 Å². The van der Waals surface area contributed by atoms with Gasteiger partial charge in [0.25, 0.3) is 5.91 Å². The summed E-state index contributed by atoms with van der Waals surface area (Å²) in [5.41, 5.74) is -0.334. The minimum atomic E-state index is -0.482. The van der Waals surface area contributed by atoms with Crippen LogP contribution in [0.15, 0.2) is 0 Å². The lowest BCUT2D eigenvalue weighted by atomic mass is 10.0. The van der Waals surface area contributed by atoms with E-state index in [0.29, 0.717) is 6.42 Å². The van der Waals surface area contributed by atoms with Crippen molar-refractivity contribution in [3.63, 3.8) is 0 Å². The minimum absolute atomic E-state index is 0.214. The molecule has 0 bridgehead atoms. The van der Waals surface area contributed by atoms with Gasteiger partial charge >= 0.3 is 6.03 Å². The van der Waals surface area contributed by atoms with Gasteiger partial charge in [-0.1, -0.05) is 20.3 Å². The van der Waals surface area contributed by atoms with Crippen molar-refractivity contribution in [3.8, 4) is 0 Å². The number of imide groups is 1. The average Bonchev–Trinajstić information content (AvgIpc) is 2.57. The zero-order valence-corrected chi connectivity index (χ0v) is 12.1. The minimum Gasteiger partial charge on any atom is -0.350 e. The Morgan fingerprint density at radius 3 is 2.53 bits per heavy atom. The van der Waals surface area contributed by atoms with Crippen molar-refractivity contribution in [2.45, 2.75) is 58.5 Å². The molecule has 0 aromatic carbocycles. The summed E-state index contributed by atoms with van der Waals surface area (Å²) in [5, 5.41) is 5.40. The van der Waals surface area contributed by atoms with Crippen LogP contribution in [0.4, 0.5) is 4.79 Å². The van der Waals surface area contributed by atoms with E-state index in [-0.39, 0.29) is 23.9 Å². The number of nitrogens with one attached hydrogen (secondary N) is 2. The molecule has 1 atom stereocenters. The topological polar surface area (TPSA) is 78.5 Å². The van der Waals surface area contributed by atoms with Crippen molar-refractivity contribution in [1.82, 2.24) is 15.5 Å². The van der Waals surface area contributed by atoms with Crippen molar-refractivity contribution < 1.29 is 14.4 Å². The van der Waals surface area contributed by atoms with Crippen molar-refractivity contribution in [2.75, 3.05) is 6.54 Å². The van der Waals surface area contributed by atoms with Gasteiger partial charge in [0.1, 0.15) is 12.6 Å². The molecular formula is C13H23N3O3. The van der Waals surface area contributed by atoms with Gasteiger partial charge in [0.2, 0.25) is 5.91 Å². The van der Waals surface area contributed by atoms with E-state index < -0.39 is 12.1 Å². The maximum atomic E-state index is 11.9. The number of hydrogen-bond acceptors (Lipinski definition) is 3. The van der Waals surface area contributed by atoms with Gasteiger partial charge in [0.15, 0.2) is 0 Å². The molecule has 1 fully saturated rings. The van der Waals surface area contributed by atoms with Crippen LogP contribution in [0, 0.1) is 0 Å². The molecule has 1 heterocycles. The molecule has 1 aliphatic rings. The van der Waals surface area contributed by atoms with E-state index in [1.54, 1.807) is 0 Å². The highest BCUT2D eigenvalue weighted by molar-refractivity contribution is 6.06. The van der Waals surface area contributed by atoms with Gasteiger partial charge in [-0.3, -0.25) is 14.5 Å². The van der Waals surface area contributed by atoms with Crippen molar-refractivity contribution in [2.24, 2.45) is 0 Å². The first kappa shape index (κ1) is 15.5. The fraction of sp³-hybridized carbons (Fsp3) is 0.769. The van der Waals surface area contributed by atoms with Gasteiger partial charge in [-0.2, -0.15) is 0 Å². The second-order valence-electron chi connectivity index (χ2n) is 5.50. The number of hydrogen-bond donors (Lipinski definition) is 2. The van der Waals surface area contributed by atoms with Gasteiger partial charge in [-0.15, -0.1) is 0 Å². The molecule has 0 spiro atoms. The normalized spacial score (nSPS) is 19.6. The lowest BCUT2D eigenvalue weighted by Crippen LogP contribution is -2.48. The molecule has 1 aliphatic heterocycles. The quantitative estimate of drug-likeness (QED) is 0.706. The first-order valence-electron chi connectivity index (χ1n) is 6.73. The number of rotatable bonds is 6. The lowest BCUT2D eigenvalue weighted by molar-refractivity contribution is -0.132. The van der Waals surface area contributed by atoms with Crippen LogP contribution in [0.25, 0.3) is 0 Å². The van der Waals surface area contributed by atoms with Gasteiger partial charge < -0.3 is 10.6 Å². The third-order valence-corrected chi connectivity index (χ3v) is 3.35. The summed E-state index contributed by atoms with van der Waals surface area (Å²) >= 11 is 0. The third kappa shape index (κ3) is 3.94. The Labute approximate surface area is 113 Å². The number of urea groups is 1. The molecule has 0 saturated carbocycles. The van der Waals surface area contributed by atoms with Gasteiger partial charge in [0.05, 0.1) is 0 Å². The van der Waals surface area contributed by atoms with E-state index >= 15 is 0 Å². The van der Waals surface area contributed by atoms with E-state index in [1.165, 1.54) is 0 Å². The summed E-state index contributed by atoms with van der Waals surface area (Å²) < 4.78 is 0. The van der Waals surface area contributed by atoms with E-state index in [9.17, 15) is 14.4 Å². The Hall–Kier alpha value is -1.59. The molecular weight excluding hydrogens is 246 g/mol. The highest BCUT2D eigenvalue weighted by Crippen LogP contribution is 2.11. The lowest BCUT2D eigenvalue weighted by Gasteiger charge is -2.25. The maximum Gasteiger partial charge on any atom is 0.325 e. The molecule has 0 aromatic rings. The van der Waals surface area contributed by atoms with Crippen LogP contribution in [0.2, 0.25) is 0 Å². The zero-order chi connectivity index (χ0) is 14.6. The first-order chi connectivity index (χ1) is 8.80. The Morgan fingerprint density at radius 1 is 1.37 bits per heavy atom. The third-order valence-electron chi connectivity index (χ3n) is 3.35. The molecule has 6 nitrogen and oxygen atoms in total. The SMILES string of the molecule is CCCC1NC(=O)N(CC(=O)NC(C)(C)CC)C1=O. The summed E-state index contributed by atoms with van der Waals surface area (Å²) in [7, 11) is 0. The van der Waals surface area contributed by atoms with Crippen molar-refractivity contribution >= 4 is 17.8 Å². The summed E-state index contributed by atoms with van der Waals surface area (Å²) in [4.78, 5) is 36.4. The predicted octanol–water partition coefficient (Wildman–Crippen LogP) is 1.01. The standard InChI is InChI=1S/C13H23N3O3/c1-5-7-9-11(18)16(12(19)14-9)8-10(17)15-13(3,4)6-2/h9H,5-8H2,1-4H3,(H,14,19)(H,15,17). The molecule has 0 aromatic heterocycles. The van der Waals surface area contributed by atoms with E-state index in [4.69, 9.17) is 0 Å². The highest BCUT2D eigenvalue weighted by atomic mass is 16.2. The smallest absolute Gasteiger partial charge is 0.325 e. The molecule has 4 amide bonds. The first-order valence-corrected chi connectivity index (χ1v) is 6.73. The molecule has 6 heteroatoms. The molecule has 19 heavy (non-hydrogen) atoms. The Bertz CT molecular complexity index is 379. The van der Waals surface area contributed by atoms with Crippen LogP contribution in [-0.4, -0.2) is 40.9 Å². The number of carbonyl (C=O) groups excluding carboxylic acids is 3. The van der Waals surface area contributed by atoms with Crippen LogP contribution in [-0.2, 0) is 9.59 Å². The molecule has 0 aliphatic carbocycles. The molecule has 0 radical (unpaired) electrons. The second-order valence-corrected chi connectivity index (χ2v) is 5.50. The molecule has 1 saturated heterocycles. The van der Waals surface area contributed by atoms with Gasteiger partial charge in [-0.05, 0) is 26.7 Å². The summed E-state index contributed by atoms with van der Waals surface area (Å²) in [5.74, 6) is -0.621. The van der Waals surface area contributed by atoms with Crippen LogP contribution in [0.1, 0.15) is 47.0 Å². The van der Waals surface area contributed by atoms with Crippen molar-refractivity contribution in [3.05, 3.63) is 0 Å². The van der Waals surface area contributed by atoms with Crippen LogP contribution in [0.3, 0.4) is 0 Å². The molecule has 1 rings (SSSR count). The van der Waals surface area contributed by atoms with Crippen LogP contribution in [0.5, 0.6) is 0 Å². The number of carbonyl (C=O) groups is 3. The summed E-state index contributed by atoms with van der Waals surface area (Å²) in [6.45, 7) is 7.49. The Balaban J connectivity index is 2.60. The second kappa shape index (κ2) is 6.04. The Kier molecular flexibility index (Phi) is 4.91. The van der Waals surface area contributed by atoms with Gasteiger partial charge in [0, 0.05) is 5.54 Å².